The van der Waals surface area contributed by atoms with E-state index >= 15 is 0 Å². The Kier molecular flexibility index (Phi) is 4.22. The smallest absolute Gasteiger partial charge is 0.404 e. The van der Waals surface area contributed by atoms with Crippen LogP contribution >= 0.6 is 0 Å². The van der Waals surface area contributed by atoms with Gasteiger partial charge < -0.3 is 19.9 Å². The van der Waals surface area contributed by atoms with E-state index in [4.69, 9.17) is 14.6 Å². The van der Waals surface area contributed by atoms with Gasteiger partial charge in [0.05, 0.1) is 31.9 Å². The lowest BCUT2D eigenvalue weighted by molar-refractivity contribution is -0.402. The molecule has 15 heavy (non-hydrogen) atoms. The number of hydrogen-bond donors (Lipinski definition) is 3. The molecule has 0 bridgehead atoms. The highest BCUT2D eigenvalue weighted by atomic mass is 16.6. The molecule has 0 atom stereocenters. The first-order valence-corrected chi connectivity index (χ1v) is 4.35. The Labute approximate surface area is 85.5 Å². The highest BCUT2D eigenvalue weighted by Gasteiger charge is 2.12. The predicted molar refractivity (Wildman–Crippen MR) is 50.2 cm³/mol. The summed E-state index contributed by atoms with van der Waals surface area (Å²) in [7, 11) is 0. The highest BCUT2D eigenvalue weighted by Crippen LogP contribution is 2.15. The lowest BCUT2D eigenvalue weighted by atomic mass is 10.3. The topological polar surface area (TPSA) is 109 Å². The van der Waals surface area contributed by atoms with Crippen LogP contribution in [0.1, 0.15) is 5.76 Å². The molecule has 1 aromatic rings. The molecule has 0 aliphatic rings. The van der Waals surface area contributed by atoms with Crippen LogP contribution < -0.4 is 5.32 Å². The molecule has 7 nitrogen and oxygen atoms in total. The lowest BCUT2D eigenvalue weighted by Gasteiger charge is -2.11. The second kappa shape index (κ2) is 5.44. The number of nitrogens with one attached hydrogen (secondary N) is 1. The van der Waals surface area contributed by atoms with Gasteiger partial charge in [0.25, 0.3) is 0 Å². The van der Waals surface area contributed by atoms with E-state index in [9.17, 15) is 10.1 Å². The summed E-state index contributed by atoms with van der Waals surface area (Å²) in [5, 5.41) is 30.5. The number of rotatable bonds is 6. The van der Waals surface area contributed by atoms with E-state index < -0.39 is 11.0 Å². The molecule has 0 radical (unpaired) electrons. The number of hydrogen-bond acceptors (Lipinski definition) is 6. The molecule has 1 aromatic heterocycles. The van der Waals surface area contributed by atoms with Gasteiger partial charge in [0.15, 0.2) is 0 Å². The Bertz CT molecular complexity index is 321. The van der Waals surface area contributed by atoms with Gasteiger partial charge in [-0.1, -0.05) is 0 Å². The van der Waals surface area contributed by atoms with Crippen molar-refractivity contribution in [3.05, 3.63) is 28.0 Å². The van der Waals surface area contributed by atoms with E-state index in [1.807, 2.05) is 0 Å². The van der Waals surface area contributed by atoms with Gasteiger partial charge in [-0.25, -0.2) is 0 Å². The lowest BCUT2D eigenvalue weighted by Crippen LogP contribution is -2.35. The molecule has 0 fully saturated rings. The maximum Gasteiger partial charge on any atom is 0.433 e. The van der Waals surface area contributed by atoms with Gasteiger partial charge in [-0.05, 0) is 6.07 Å². The van der Waals surface area contributed by atoms with E-state index in [0.29, 0.717) is 5.76 Å². The molecule has 7 heteroatoms. The Morgan fingerprint density at radius 2 is 2.13 bits per heavy atom. The average Bonchev–Trinajstić information content (AvgIpc) is 2.68. The summed E-state index contributed by atoms with van der Waals surface area (Å²) in [6, 6.07) is 2.27. The molecule has 0 aromatic carbocycles. The molecule has 84 valence electrons. The number of nitrogens with zero attached hydrogens (tertiary/aromatic N) is 1. The molecule has 0 saturated carbocycles. The Morgan fingerprint density at radius 3 is 2.60 bits per heavy atom. The van der Waals surface area contributed by atoms with Crippen LogP contribution in [0.4, 0.5) is 5.88 Å². The van der Waals surface area contributed by atoms with E-state index in [1.165, 1.54) is 12.1 Å². The molecule has 0 saturated heterocycles. The van der Waals surface area contributed by atoms with Crippen LogP contribution in [-0.4, -0.2) is 34.4 Å². The van der Waals surface area contributed by atoms with Crippen molar-refractivity contribution in [2.24, 2.45) is 0 Å². The fraction of sp³-hybridized carbons (Fsp3) is 0.500. The maximum absolute atomic E-state index is 10.3. The van der Waals surface area contributed by atoms with E-state index in [0.717, 1.165) is 0 Å². The molecule has 0 aliphatic heterocycles. The van der Waals surface area contributed by atoms with Crippen molar-refractivity contribution in [1.29, 1.82) is 0 Å². The predicted octanol–water partition coefficient (Wildman–Crippen LogP) is -0.369. The van der Waals surface area contributed by atoms with E-state index in [2.05, 4.69) is 5.32 Å². The van der Waals surface area contributed by atoms with Crippen molar-refractivity contribution in [2.75, 3.05) is 13.2 Å². The van der Waals surface area contributed by atoms with Gasteiger partial charge in [0, 0.05) is 0 Å². The number of furan rings is 1. The summed E-state index contributed by atoms with van der Waals surface area (Å²) in [6.07, 6.45) is 0. The summed E-state index contributed by atoms with van der Waals surface area (Å²) < 4.78 is 4.86. The van der Waals surface area contributed by atoms with Gasteiger partial charge >= 0.3 is 5.88 Å². The van der Waals surface area contributed by atoms with Gasteiger partial charge in [0.2, 0.25) is 0 Å². The Morgan fingerprint density at radius 1 is 1.47 bits per heavy atom. The maximum atomic E-state index is 10.3. The quantitative estimate of drug-likeness (QED) is 0.442. The van der Waals surface area contributed by atoms with Gasteiger partial charge in [-0.2, -0.15) is 0 Å². The third-order valence-electron chi connectivity index (χ3n) is 1.83. The molecule has 0 aliphatic carbocycles. The van der Waals surface area contributed by atoms with Crippen molar-refractivity contribution >= 4 is 5.88 Å². The van der Waals surface area contributed by atoms with Crippen LogP contribution in [-0.2, 0) is 6.54 Å². The van der Waals surface area contributed by atoms with Gasteiger partial charge in [0.1, 0.15) is 10.7 Å². The fourth-order valence-corrected chi connectivity index (χ4v) is 0.991. The number of aliphatic hydroxyl groups excluding tert-OH is 2. The van der Waals surface area contributed by atoms with Crippen molar-refractivity contribution < 1.29 is 19.6 Å². The summed E-state index contributed by atoms with van der Waals surface area (Å²) in [6.45, 7) is -0.196. The van der Waals surface area contributed by atoms with E-state index in [1.54, 1.807) is 0 Å². The third kappa shape index (κ3) is 3.31. The molecule has 3 N–H and O–H groups in total. The highest BCUT2D eigenvalue weighted by molar-refractivity contribution is 5.17. The minimum Gasteiger partial charge on any atom is -0.404 e. The zero-order chi connectivity index (χ0) is 11.3. The van der Waals surface area contributed by atoms with Crippen LogP contribution in [0.3, 0.4) is 0 Å². The fourth-order valence-electron chi connectivity index (χ4n) is 0.991. The minimum absolute atomic E-state index is 0.209. The Hall–Kier alpha value is -1.44. The zero-order valence-corrected chi connectivity index (χ0v) is 7.92. The molecule has 0 unspecified atom stereocenters. The summed E-state index contributed by atoms with van der Waals surface area (Å²) in [5.74, 6) is 0.0601. The Balaban J connectivity index is 2.47. The number of aliphatic hydroxyl groups is 2. The van der Waals surface area contributed by atoms with Gasteiger partial charge in [-0.15, -0.1) is 0 Å². The van der Waals surface area contributed by atoms with Crippen molar-refractivity contribution in [1.82, 2.24) is 5.32 Å². The molecule has 0 spiro atoms. The van der Waals surface area contributed by atoms with Crippen molar-refractivity contribution in [2.45, 2.75) is 12.6 Å². The monoisotopic (exact) mass is 216 g/mol. The minimum atomic E-state index is -0.626. The first-order chi connectivity index (χ1) is 7.17. The SMILES string of the molecule is O=[N+]([O-])c1ccc(CNC(CO)CO)o1. The third-order valence-corrected chi connectivity index (χ3v) is 1.83. The van der Waals surface area contributed by atoms with Crippen LogP contribution in [0.15, 0.2) is 16.5 Å². The molecular weight excluding hydrogens is 204 g/mol. The average molecular weight is 216 g/mol. The van der Waals surface area contributed by atoms with Crippen molar-refractivity contribution in [3.63, 3.8) is 0 Å². The molecule has 1 heterocycles. The standard InChI is InChI=1S/C8H12N2O5/c11-4-6(5-12)9-3-7-1-2-8(15-7)10(13)14/h1-2,6,9,11-12H,3-5H2. The summed E-state index contributed by atoms with van der Waals surface area (Å²) >= 11 is 0. The largest absolute Gasteiger partial charge is 0.433 e. The van der Waals surface area contributed by atoms with Crippen LogP contribution in [0.25, 0.3) is 0 Å². The van der Waals surface area contributed by atoms with Crippen LogP contribution in [0, 0.1) is 10.1 Å². The van der Waals surface area contributed by atoms with Crippen LogP contribution in [0.5, 0.6) is 0 Å². The molecular formula is C8H12N2O5. The van der Waals surface area contributed by atoms with Crippen molar-refractivity contribution in [3.8, 4) is 0 Å². The normalized spacial score (nSPS) is 10.9. The second-order valence-corrected chi connectivity index (χ2v) is 2.94. The first kappa shape index (κ1) is 11.6. The van der Waals surface area contributed by atoms with Crippen LogP contribution in [0.2, 0.25) is 0 Å². The second-order valence-electron chi connectivity index (χ2n) is 2.94. The first-order valence-electron chi connectivity index (χ1n) is 4.35. The zero-order valence-electron chi connectivity index (χ0n) is 7.92. The molecule has 1 rings (SSSR count). The number of nitro groups is 1. The summed E-state index contributed by atoms with van der Waals surface area (Å²) in [4.78, 5) is 9.65. The van der Waals surface area contributed by atoms with E-state index in [-0.39, 0.29) is 25.6 Å². The van der Waals surface area contributed by atoms with Gasteiger partial charge in [-0.3, -0.25) is 10.1 Å². The molecule has 0 amide bonds. The summed E-state index contributed by atoms with van der Waals surface area (Å²) in [5.41, 5.74) is 0.